The Hall–Kier alpha value is -10.9. The predicted molar refractivity (Wildman–Crippen MR) is 351 cm³/mol. The van der Waals surface area contributed by atoms with E-state index >= 15 is 0 Å². The van der Waals surface area contributed by atoms with Crippen molar-refractivity contribution in [2.75, 3.05) is 9.80 Å². The number of anilines is 6. The van der Waals surface area contributed by atoms with Crippen LogP contribution in [0.15, 0.2) is 309 Å². The molecule has 15 aromatic rings. The zero-order valence-corrected chi connectivity index (χ0v) is 44.5. The fraction of sp³-hybridized carbons (Fsp3) is 0. The maximum absolute atomic E-state index is 9.46. The predicted octanol–water partition coefficient (Wildman–Crippen LogP) is 18.6. The van der Waals surface area contributed by atoms with Gasteiger partial charge in [-0.25, -0.2) is 0 Å². The molecule has 5 heteroatoms. The summed E-state index contributed by atoms with van der Waals surface area (Å²) in [6.07, 6.45) is 0. The second kappa shape index (κ2) is 18.9. The molecular weight excluding hydrogens is 1000 g/mol. The van der Waals surface area contributed by atoms with Crippen molar-refractivity contribution in [3.8, 4) is 55.9 Å². The first-order chi connectivity index (χ1) is 45.4. The second-order valence-electron chi connectivity index (χ2n) is 21.2. The van der Waals surface area contributed by atoms with E-state index in [0.29, 0.717) is 22.5 Å². The number of para-hydroxylation sites is 6. The molecule has 0 amide bonds. The summed E-state index contributed by atoms with van der Waals surface area (Å²) in [6, 6.07) is 81.1. The highest BCUT2D eigenvalue weighted by molar-refractivity contribution is 7.00. The van der Waals surface area contributed by atoms with Crippen molar-refractivity contribution < 1.29 is 13.7 Å². The number of nitrogens with zero attached hydrogens (tertiary/aromatic N) is 4. The fourth-order valence-corrected chi connectivity index (χ4v) is 13.5. The van der Waals surface area contributed by atoms with Gasteiger partial charge in [-0.3, -0.25) is 0 Å². The molecule has 4 heterocycles. The lowest BCUT2D eigenvalue weighted by Crippen LogP contribution is -2.61. The Morgan fingerprint density at radius 1 is 0.277 bits per heavy atom. The van der Waals surface area contributed by atoms with E-state index in [1.54, 1.807) is 0 Å². The largest absolute Gasteiger partial charge is 0.311 e. The summed E-state index contributed by atoms with van der Waals surface area (Å²) in [4.78, 5) is 4.36. The summed E-state index contributed by atoms with van der Waals surface area (Å²) in [5, 5.41) is 4.34. The smallest absolute Gasteiger partial charge is 0.252 e. The molecule has 13 aromatic carbocycles. The zero-order chi connectivity index (χ0) is 63.2. The van der Waals surface area contributed by atoms with Crippen molar-refractivity contribution in [2.45, 2.75) is 0 Å². The zero-order valence-electron chi connectivity index (χ0n) is 54.5. The highest BCUT2D eigenvalue weighted by Crippen LogP contribution is 2.50. The minimum atomic E-state index is -0.485. The third-order valence-electron chi connectivity index (χ3n) is 16.9. The van der Waals surface area contributed by atoms with Gasteiger partial charge in [-0.15, -0.1) is 0 Å². The Balaban J connectivity index is 0.994. The number of rotatable bonds is 8. The lowest BCUT2D eigenvalue weighted by atomic mass is 9.33. The molecule has 4 nitrogen and oxygen atoms in total. The third kappa shape index (κ3) is 7.21. The number of fused-ring (bicyclic) bond motifs is 10. The van der Waals surface area contributed by atoms with Crippen molar-refractivity contribution in [3.05, 3.63) is 309 Å². The van der Waals surface area contributed by atoms with Gasteiger partial charge in [0.2, 0.25) is 0 Å². The molecule has 17 rings (SSSR count). The average Bonchev–Trinajstić information content (AvgIpc) is 0.998. The van der Waals surface area contributed by atoms with Crippen LogP contribution in [-0.2, 0) is 0 Å². The molecule has 0 bridgehead atoms. The lowest BCUT2D eigenvalue weighted by molar-refractivity contribution is 1.17. The van der Waals surface area contributed by atoms with Crippen LogP contribution in [0.1, 0.15) is 13.7 Å². The van der Waals surface area contributed by atoms with E-state index in [-0.39, 0.29) is 35.3 Å². The SMILES string of the molecule is [2H]c1c([2H])c([2H])c(-c2ccccc2N2c3cc(-n4c5ccccc5c5cccc(-c6ccccc6)c54)ccc3B3c4ccc(-n5c6ccccc6c6cccc(-c7ccccc7)c65)cc4N(c4ccccc4-c4c([2H])c([2H])c([2H])c([2H])c4[2H])c4cccc2c43)c([2H])c1[2H]. The van der Waals surface area contributed by atoms with Crippen LogP contribution in [0.5, 0.6) is 0 Å². The Kier molecular flexibility index (Phi) is 8.62. The molecule has 0 N–H and O–H groups in total. The summed E-state index contributed by atoms with van der Waals surface area (Å²) >= 11 is 0. The van der Waals surface area contributed by atoms with Crippen LogP contribution in [0, 0.1) is 0 Å². The fourth-order valence-electron chi connectivity index (χ4n) is 13.5. The van der Waals surface area contributed by atoms with Crippen LogP contribution in [0.4, 0.5) is 34.1 Å². The Morgan fingerprint density at radius 3 is 1.12 bits per heavy atom. The van der Waals surface area contributed by atoms with Crippen molar-refractivity contribution in [1.82, 2.24) is 9.13 Å². The van der Waals surface area contributed by atoms with Crippen LogP contribution in [0.2, 0.25) is 0 Å². The maximum Gasteiger partial charge on any atom is 0.252 e. The molecule has 2 aliphatic rings. The van der Waals surface area contributed by atoms with Gasteiger partial charge in [0.15, 0.2) is 0 Å². The van der Waals surface area contributed by atoms with Gasteiger partial charge in [0.1, 0.15) is 0 Å². The first kappa shape index (κ1) is 37.9. The minimum absolute atomic E-state index is 0.0589. The molecule has 0 fully saturated rings. The van der Waals surface area contributed by atoms with Crippen LogP contribution in [-0.4, -0.2) is 15.8 Å². The summed E-state index contributed by atoms with van der Waals surface area (Å²) in [5.74, 6) is 0. The Bertz CT molecular complexity index is 5290. The van der Waals surface area contributed by atoms with Gasteiger partial charge >= 0.3 is 0 Å². The molecule has 0 atom stereocenters. The normalized spacial score (nSPS) is 14.2. The molecule has 0 saturated heterocycles. The molecule has 0 aliphatic carbocycles. The van der Waals surface area contributed by atoms with E-state index in [0.717, 1.165) is 116 Å². The quantitative estimate of drug-likeness (QED) is 0.141. The number of aromatic nitrogens is 2. The summed E-state index contributed by atoms with van der Waals surface area (Å²) in [7, 11) is 0. The molecule has 386 valence electrons. The van der Waals surface area contributed by atoms with Gasteiger partial charge < -0.3 is 18.9 Å². The van der Waals surface area contributed by atoms with E-state index < -0.39 is 43.0 Å². The molecule has 0 radical (unpaired) electrons. The maximum atomic E-state index is 9.46. The van der Waals surface area contributed by atoms with Gasteiger partial charge in [-0.1, -0.05) is 248 Å². The van der Waals surface area contributed by atoms with E-state index in [9.17, 15) is 5.48 Å². The highest BCUT2D eigenvalue weighted by atomic mass is 15.2. The molecule has 0 saturated carbocycles. The van der Waals surface area contributed by atoms with Gasteiger partial charge in [-0.05, 0) is 99.3 Å². The van der Waals surface area contributed by atoms with Gasteiger partial charge in [-0.2, -0.15) is 0 Å². The van der Waals surface area contributed by atoms with Gasteiger partial charge in [0, 0.05) is 77.9 Å². The monoisotopic (exact) mass is 1060 g/mol. The lowest BCUT2D eigenvalue weighted by Gasteiger charge is -2.45. The Morgan fingerprint density at radius 2 is 0.651 bits per heavy atom. The third-order valence-corrected chi connectivity index (χ3v) is 16.9. The summed E-state index contributed by atoms with van der Waals surface area (Å²) in [6.45, 7) is -0.478. The first-order valence-electron chi connectivity index (χ1n) is 32.9. The van der Waals surface area contributed by atoms with E-state index in [1.807, 2.05) is 66.7 Å². The molecule has 83 heavy (non-hydrogen) atoms. The second-order valence-corrected chi connectivity index (χ2v) is 21.2. The van der Waals surface area contributed by atoms with Crippen molar-refractivity contribution >= 4 is 101 Å². The van der Waals surface area contributed by atoms with Crippen LogP contribution < -0.4 is 26.2 Å². The Labute approximate surface area is 496 Å². The van der Waals surface area contributed by atoms with E-state index in [1.165, 1.54) is 0 Å². The molecule has 0 unspecified atom stereocenters. The summed E-state index contributed by atoms with van der Waals surface area (Å²) in [5.41, 5.74) is 18.0. The number of benzene rings is 13. The molecular formula is C78H51BN4. The van der Waals surface area contributed by atoms with Crippen LogP contribution in [0.25, 0.3) is 99.5 Å². The number of hydrogen-bond acceptors (Lipinski definition) is 2. The van der Waals surface area contributed by atoms with Crippen molar-refractivity contribution in [3.63, 3.8) is 0 Å². The van der Waals surface area contributed by atoms with Crippen molar-refractivity contribution in [2.24, 2.45) is 0 Å². The van der Waals surface area contributed by atoms with Gasteiger partial charge in [0.25, 0.3) is 6.71 Å². The van der Waals surface area contributed by atoms with Crippen LogP contribution in [0.3, 0.4) is 0 Å². The standard InChI is InChI=1S/C78H51BN4/c1-5-24-52(25-6-1)58-32-13-17-40-68(58)82-72-44-23-45-73-76(72)79(66-48-46-56(50-74(66)82)80-70-42-19-15-34-62(70)64-38-21-36-60(77(64)80)54-28-9-3-10-29-54)67-49-47-57(51-75(67)83(73)69-41-18-14-33-59(69)53-26-7-2-8-27-53)81-71-43-20-16-35-63(71)65-39-22-37-61(78(65)81)55-30-11-4-12-31-55/h1-51H/i1D,2D,5D,6D,7D,8D,24D,25D,26D,27D. The topological polar surface area (TPSA) is 16.3 Å². The van der Waals surface area contributed by atoms with E-state index in [4.69, 9.17) is 8.22 Å². The van der Waals surface area contributed by atoms with E-state index in [2.05, 4.69) is 201 Å². The van der Waals surface area contributed by atoms with Crippen molar-refractivity contribution in [1.29, 1.82) is 0 Å². The number of hydrogen-bond donors (Lipinski definition) is 0. The summed E-state index contributed by atoms with van der Waals surface area (Å²) < 4.78 is 95.7. The molecule has 0 spiro atoms. The minimum Gasteiger partial charge on any atom is -0.311 e. The highest BCUT2D eigenvalue weighted by Gasteiger charge is 2.44. The first-order valence-corrected chi connectivity index (χ1v) is 27.9. The molecule has 2 aliphatic heterocycles. The molecule has 2 aromatic heterocycles. The average molecular weight is 1070 g/mol. The van der Waals surface area contributed by atoms with Crippen LogP contribution >= 0.6 is 0 Å². The van der Waals surface area contributed by atoms with Gasteiger partial charge in [0.05, 0.1) is 47.1 Å².